The van der Waals surface area contributed by atoms with Crippen molar-refractivity contribution >= 4 is 27.8 Å². The lowest BCUT2D eigenvalue weighted by atomic mass is 10.4. The summed E-state index contributed by atoms with van der Waals surface area (Å²) in [5.41, 5.74) is 0. The van der Waals surface area contributed by atoms with Gasteiger partial charge in [-0.05, 0) is 25.3 Å². The lowest BCUT2D eigenvalue weighted by molar-refractivity contribution is -0.138. The molecule has 0 aliphatic rings. The minimum Gasteiger partial charge on any atom is -0.480 e. The van der Waals surface area contributed by atoms with Gasteiger partial charge in [-0.15, -0.1) is 11.8 Å². The van der Waals surface area contributed by atoms with E-state index in [4.69, 9.17) is 5.11 Å². The molecule has 0 amide bonds. The van der Waals surface area contributed by atoms with Crippen LogP contribution >= 0.6 is 11.8 Å². The van der Waals surface area contributed by atoms with Gasteiger partial charge in [-0.3, -0.25) is 4.79 Å². The second-order valence-electron chi connectivity index (χ2n) is 3.33. The Kier molecular flexibility index (Phi) is 4.55. The van der Waals surface area contributed by atoms with Gasteiger partial charge in [0.05, 0.1) is 4.90 Å². The molecule has 0 saturated carbocycles. The Balaban J connectivity index is 3.09. The van der Waals surface area contributed by atoms with E-state index in [1.54, 1.807) is 24.5 Å². The number of rotatable bonds is 5. The molecule has 0 aromatic heterocycles. The molecule has 1 aromatic carbocycles. The quantitative estimate of drug-likeness (QED) is 0.788. The highest BCUT2D eigenvalue weighted by Gasteiger charge is 2.23. The van der Waals surface area contributed by atoms with E-state index in [1.165, 1.54) is 24.8 Å². The first-order valence-corrected chi connectivity index (χ1v) is 7.47. The van der Waals surface area contributed by atoms with Crippen LogP contribution in [0, 0.1) is 0 Å². The van der Waals surface area contributed by atoms with Crippen molar-refractivity contribution in [2.75, 3.05) is 6.26 Å². The molecule has 94 valence electrons. The van der Waals surface area contributed by atoms with Crippen molar-refractivity contribution in [3.63, 3.8) is 0 Å². The van der Waals surface area contributed by atoms with Crippen LogP contribution < -0.4 is 4.72 Å². The Labute approximate surface area is 104 Å². The van der Waals surface area contributed by atoms with Crippen molar-refractivity contribution in [1.29, 1.82) is 0 Å². The number of hydrogen-bond acceptors (Lipinski definition) is 4. The fourth-order valence-electron chi connectivity index (χ4n) is 1.19. The Morgan fingerprint density at radius 2 is 2.00 bits per heavy atom. The van der Waals surface area contributed by atoms with E-state index >= 15 is 0 Å². The zero-order valence-electron chi connectivity index (χ0n) is 9.38. The number of aliphatic carboxylic acids is 1. The van der Waals surface area contributed by atoms with Crippen LogP contribution in [0.15, 0.2) is 34.1 Å². The number of nitrogens with one attached hydrogen (secondary N) is 1. The van der Waals surface area contributed by atoms with Crippen LogP contribution in [0.3, 0.4) is 0 Å². The fourth-order valence-corrected chi connectivity index (χ4v) is 3.53. The molecular formula is C10H13NO4S2. The number of carboxylic acid groups (broad SMARTS) is 1. The van der Waals surface area contributed by atoms with Gasteiger partial charge in [-0.25, -0.2) is 8.42 Å². The zero-order valence-corrected chi connectivity index (χ0v) is 11.0. The third kappa shape index (κ3) is 3.45. The van der Waals surface area contributed by atoms with Crippen LogP contribution in [0.4, 0.5) is 0 Å². The van der Waals surface area contributed by atoms with Crippen LogP contribution in [0.1, 0.15) is 6.92 Å². The lowest BCUT2D eigenvalue weighted by Crippen LogP contribution is -2.38. The average Bonchev–Trinajstić information content (AvgIpc) is 2.28. The van der Waals surface area contributed by atoms with Gasteiger partial charge in [0.2, 0.25) is 10.0 Å². The normalized spacial score (nSPS) is 13.3. The maximum atomic E-state index is 11.9. The minimum atomic E-state index is -3.80. The second kappa shape index (κ2) is 5.52. The third-order valence-electron chi connectivity index (χ3n) is 2.06. The van der Waals surface area contributed by atoms with Crippen LogP contribution in [-0.2, 0) is 14.8 Å². The minimum absolute atomic E-state index is 0.0978. The average molecular weight is 275 g/mol. The molecule has 0 saturated heterocycles. The van der Waals surface area contributed by atoms with Gasteiger partial charge in [0, 0.05) is 4.90 Å². The van der Waals surface area contributed by atoms with Crippen LogP contribution in [0.5, 0.6) is 0 Å². The van der Waals surface area contributed by atoms with E-state index in [0.29, 0.717) is 4.90 Å². The highest BCUT2D eigenvalue weighted by Crippen LogP contribution is 2.24. The number of benzene rings is 1. The molecule has 0 aliphatic carbocycles. The molecule has 5 nitrogen and oxygen atoms in total. The molecule has 1 atom stereocenters. The summed E-state index contributed by atoms with van der Waals surface area (Å²) in [4.78, 5) is 11.3. The van der Waals surface area contributed by atoms with Crippen LogP contribution in [-0.4, -0.2) is 31.8 Å². The maximum absolute atomic E-state index is 11.9. The molecule has 1 unspecified atom stereocenters. The van der Waals surface area contributed by atoms with E-state index in [2.05, 4.69) is 4.72 Å². The molecular weight excluding hydrogens is 262 g/mol. The number of sulfonamides is 1. The molecule has 2 N–H and O–H groups in total. The van der Waals surface area contributed by atoms with Crippen molar-refractivity contribution in [3.8, 4) is 0 Å². The van der Waals surface area contributed by atoms with Gasteiger partial charge < -0.3 is 5.11 Å². The first-order chi connectivity index (χ1) is 7.88. The van der Waals surface area contributed by atoms with Crippen LogP contribution in [0.2, 0.25) is 0 Å². The molecule has 17 heavy (non-hydrogen) atoms. The topological polar surface area (TPSA) is 83.5 Å². The summed E-state index contributed by atoms with van der Waals surface area (Å²) in [7, 11) is -3.80. The van der Waals surface area contributed by atoms with E-state index in [9.17, 15) is 13.2 Å². The first kappa shape index (κ1) is 14.0. The highest BCUT2D eigenvalue weighted by molar-refractivity contribution is 7.99. The molecule has 7 heteroatoms. The van der Waals surface area contributed by atoms with Crippen molar-refractivity contribution in [1.82, 2.24) is 4.72 Å². The third-order valence-corrected chi connectivity index (χ3v) is 4.58. The molecule has 0 spiro atoms. The Morgan fingerprint density at radius 1 is 1.41 bits per heavy atom. The predicted octanol–water partition coefficient (Wildman–Crippen LogP) is 1.16. The summed E-state index contributed by atoms with van der Waals surface area (Å²) >= 11 is 1.29. The summed E-state index contributed by atoms with van der Waals surface area (Å²) in [6.45, 7) is 1.28. The van der Waals surface area contributed by atoms with Crippen molar-refractivity contribution < 1.29 is 18.3 Å². The second-order valence-corrected chi connectivity index (χ2v) is 5.86. The zero-order chi connectivity index (χ0) is 13.1. The van der Waals surface area contributed by atoms with Gasteiger partial charge in [0.25, 0.3) is 0 Å². The molecule has 0 radical (unpaired) electrons. The molecule has 1 aromatic rings. The Morgan fingerprint density at radius 3 is 2.53 bits per heavy atom. The van der Waals surface area contributed by atoms with Gasteiger partial charge in [0.1, 0.15) is 6.04 Å². The lowest BCUT2D eigenvalue weighted by Gasteiger charge is -2.12. The monoisotopic (exact) mass is 275 g/mol. The molecule has 0 heterocycles. The SMILES string of the molecule is CSc1ccccc1S(=O)(=O)NC(C)C(=O)O. The Hall–Kier alpha value is -1.05. The van der Waals surface area contributed by atoms with Gasteiger partial charge in [0.15, 0.2) is 0 Å². The van der Waals surface area contributed by atoms with E-state index in [1.807, 2.05) is 0 Å². The standard InChI is InChI=1S/C10H13NO4S2/c1-7(10(12)13)11-17(14,15)9-6-4-3-5-8(9)16-2/h3-7,11H,1-2H3,(H,12,13). The smallest absolute Gasteiger partial charge is 0.321 e. The molecule has 0 bridgehead atoms. The first-order valence-electron chi connectivity index (χ1n) is 4.76. The van der Waals surface area contributed by atoms with Crippen molar-refractivity contribution in [2.45, 2.75) is 22.8 Å². The summed E-state index contributed by atoms with van der Waals surface area (Å²) < 4.78 is 26.0. The number of hydrogen-bond donors (Lipinski definition) is 2. The summed E-state index contributed by atoms with van der Waals surface area (Å²) in [5, 5.41) is 8.69. The van der Waals surface area contributed by atoms with E-state index in [-0.39, 0.29) is 4.90 Å². The number of carboxylic acids is 1. The van der Waals surface area contributed by atoms with E-state index in [0.717, 1.165) is 0 Å². The Bertz CT molecular complexity index is 513. The molecule has 0 fully saturated rings. The molecule has 1 rings (SSSR count). The maximum Gasteiger partial charge on any atom is 0.321 e. The molecule has 0 aliphatic heterocycles. The van der Waals surface area contributed by atoms with Crippen molar-refractivity contribution in [3.05, 3.63) is 24.3 Å². The van der Waals surface area contributed by atoms with Crippen molar-refractivity contribution in [2.24, 2.45) is 0 Å². The van der Waals surface area contributed by atoms with Gasteiger partial charge >= 0.3 is 5.97 Å². The summed E-state index contributed by atoms with van der Waals surface area (Å²) in [6.07, 6.45) is 1.76. The fraction of sp³-hybridized carbons (Fsp3) is 0.300. The summed E-state index contributed by atoms with van der Waals surface area (Å²) in [6, 6.07) is 5.29. The van der Waals surface area contributed by atoms with E-state index < -0.39 is 22.0 Å². The van der Waals surface area contributed by atoms with Crippen LogP contribution in [0.25, 0.3) is 0 Å². The largest absolute Gasteiger partial charge is 0.480 e. The number of thioether (sulfide) groups is 1. The predicted molar refractivity (Wildman–Crippen MR) is 65.6 cm³/mol. The van der Waals surface area contributed by atoms with Gasteiger partial charge in [-0.2, -0.15) is 4.72 Å². The van der Waals surface area contributed by atoms with Gasteiger partial charge in [-0.1, -0.05) is 12.1 Å². The number of carbonyl (C=O) groups is 1. The highest BCUT2D eigenvalue weighted by atomic mass is 32.2. The summed E-state index contributed by atoms with van der Waals surface area (Å²) in [5.74, 6) is -1.21.